The summed E-state index contributed by atoms with van der Waals surface area (Å²) in [5, 5.41) is 38.8. The average molecular weight is 330 g/mol. The van der Waals surface area contributed by atoms with E-state index in [0.717, 1.165) is 17.4 Å². The Kier molecular flexibility index (Phi) is 5.60. The van der Waals surface area contributed by atoms with E-state index in [1.54, 1.807) is 0 Å². The molecule has 7 heteroatoms. The molecule has 2 aliphatic rings. The van der Waals surface area contributed by atoms with Crippen LogP contribution < -0.4 is 0 Å². The zero-order valence-corrected chi connectivity index (χ0v) is 13.7. The van der Waals surface area contributed by atoms with Gasteiger partial charge in [0.25, 0.3) is 0 Å². The first-order chi connectivity index (χ1) is 10.7. The van der Waals surface area contributed by atoms with Gasteiger partial charge in [0.15, 0.2) is 6.29 Å². The van der Waals surface area contributed by atoms with E-state index in [1.807, 2.05) is 20.8 Å². The Morgan fingerprint density at radius 3 is 2.43 bits per heavy atom. The molecule has 6 atom stereocenters. The highest BCUT2D eigenvalue weighted by Gasteiger charge is 2.45. The number of hydrogen-bond donors (Lipinski definition) is 4. The Balaban J connectivity index is 2.10. The molecule has 2 unspecified atom stereocenters. The zero-order chi connectivity index (χ0) is 17.4. The van der Waals surface area contributed by atoms with Crippen LogP contribution >= 0.6 is 0 Å². The van der Waals surface area contributed by atoms with Crippen molar-refractivity contribution in [1.29, 1.82) is 0 Å². The van der Waals surface area contributed by atoms with Crippen molar-refractivity contribution in [3.05, 3.63) is 11.1 Å². The summed E-state index contributed by atoms with van der Waals surface area (Å²) in [6, 6.07) is 0. The third-order valence-electron chi connectivity index (χ3n) is 4.75. The largest absolute Gasteiger partial charge is 0.394 e. The molecule has 7 nitrogen and oxygen atoms in total. The van der Waals surface area contributed by atoms with Crippen molar-refractivity contribution in [3.63, 3.8) is 0 Å². The zero-order valence-electron chi connectivity index (χ0n) is 13.7. The smallest absolute Gasteiger partial charge is 0.186 e. The fourth-order valence-electron chi connectivity index (χ4n) is 3.51. The molecule has 1 heterocycles. The standard InChI is InChI=1S/C16H26O7/c1-8-4-9(5-16(2,3)10(8)6-17)22-15-14(21)13(20)12(19)11(7-18)23-15/h6,9,11-15,18-21H,4-5,7H2,1-3H3/t9-,11?,12-,13-,14?,15-/m1/s1. The van der Waals surface area contributed by atoms with Gasteiger partial charge in [0, 0.05) is 0 Å². The van der Waals surface area contributed by atoms with Gasteiger partial charge in [-0.2, -0.15) is 0 Å². The van der Waals surface area contributed by atoms with Crippen LogP contribution in [-0.4, -0.2) is 70.1 Å². The van der Waals surface area contributed by atoms with E-state index >= 15 is 0 Å². The number of rotatable bonds is 4. The topological polar surface area (TPSA) is 116 Å². The maximum atomic E-state index is 11.2. The van der Waals surface area contributed by atoms with Gasteiger partial charge in [-0.15, -0.1) is 0 Å². The summed E-state index contributed by atoms with van der Waals surface area (Å²) in [5.74, 6) is 0. The molecular formula is C16H26O7. The minimum atomic E-state index is -1.45. The lowest BCUT2D eigenvalue weighted by molar-refractivity contribution is -0.312. The molecule has 1 aliphatic carbocycles. The Labute approximate surface area is 135 Å². The summed E-state index contributed by atoms with van der Waals surface area (Å²) in [6.07, 6.45) is -4.73. The fourth-order valence-corrected chi connectivity index (χ4v) is 3.51. The van der Waals surface area contributed by atoms with Gasteiger partial charge in [-0.1, -0.05) is 19.4 Å². The Morgan fingerprint density at radius 2 is 1.91 bits per heavy atom. The second kappa shape index (κ2) is 6.96. The fraction of sp³-hybridized carbons (Fsp3) is 0.812. The maximum Gasteiger partial charge on any atom is 0.186 e. The quantitative estimate of drug-likeness (QED) is 0.514. The lowest BCUT2D eigenvalue weighted by Crippen LogP contribution is -2.59. The number of carbonyl (C=O) groups excluding carboxylic acids is 1. The number of aldehydes is 1. The highest BCUT2D eigenvalue weighted by Crippen LogP contribution is 2.41. The van der Waals surface area contributed by atoms with Crippen molar-refractivity contribution in [2.45, 2.75) is 70.4 Å². The van der Waals surface area contributed by atoms with Crippen LogP contribution in [0.1, 0.15) is 33.6 Å². The summed E-state index contributed by atoms with van der Waals surface area (Å²) < 4.78 is 11.2. The summed E-state index contributed by atoms with van der Waals surface area (Å²) in [4.78, 5) is 11.2. The molecule has 2 rings (SSSR count). The van der Waals surface area contributed by atoms with Crippen molar-refractivity contribution in [2.24, 2.45) is 5.41 Å². The van der Waals surface area contributed by atoms with Crippen LogP contribution in [0, 0.1) is 5.41 Å². The van der Waals surface area contributed by atoms with Gasteiger partial charge in [-0.05, 0) is 30.8 Å². The summed E-state index contributed by atoms with van der Waals surface area (Å²) in [5.41, 5.74) is 1.32. The number of carbonyl (C=O) groups is 1. The number of hydrogen-bond acceptors (Lipinski definition) is 7. The molecule has 132 valence electrons. The van der Waals surface area contributed by atoms with E-state index in [-0.39, 0.29) is 11.5 Å². The molecule has 0 radical (unpaired) electrons. The molecule has 0 spiro atoms. The second-order valence-corrected chi connectivity index (χ2v) is 7.06. The molecular weight excluding hydrogens is 304 g/mol. The van der Waals surface area contributed by atoms with E-state index in [0.29, 0.717) is 12.8 Å². The van der Waals surface area contributed by atoms with Crippen LogP contribution in [0.5, 0.6) is 0 Å². The minimum Gasteiger partial charge on any atom is -0.394 e. The van der Waals surface area contributed by atoms with E-state index in [1.165, 1.54) is 0 Å². The molecule has 0 saturated carbocycles. The first kappa shape index (κ1) is 18.5. The third kappa shape index (κ3) is 3.65. The predicted octanol–water partition coefficient (Wildman–Crippen LogP) is -0.493. The van der Waals surface area contributed by atoms with Gasteiger partial charge in [0.05, 0.1) is 12.7 Å². The number of aliphatic hydroxyl groups is 4. The van der Waals surface area contributed by atoms with Crippen molar-refractivity contribution < 1.29 is 34.7 Å². The van der Waals surface area contributed by atoms with E-state index in [9.17, 15) is 25.2 Å². The highest BCUT2D eigenvalue weighted by atomic mass is 16.7. The lowest BCUT2D eigenvalue weighted by atomic mass is 9.72. The van der Waals surface area contributed by atoms with E-state index < -0.39 is 37.3 Å². The molecule has 23 heavy (non-hydrogen) atoms. The van der Waals surface area contributed by atoms with Gasteiger partial charge >= 0.3 is 0 Å². The van der Waals surface area contributed by atoms with Crippen LogP contribution in [0.4, 0.5) is 0 Å². The Bertz CT molecular complexity index is 471. The molecule has 0 aromatic carbocycles. The molecule has 1 saturated heterocycles. The first-order valence-corrected chi connectivity index (χ1v) is 7.82. The monoisotopic (exact) mass is 330 g/mol. The van der Waals surface area contributed by atoms with Gasteiger partial charge in [0.2, 0.25) is 0 Å². The van der Waals surface area contributed by atoms with E-state index in [2.05, 4.69) is 0 Å². The van der Waals surface area contributed by atoms with Crippen molar-refractivity contribution in [3.8, 4) is 0 Å². The average Bonchev–Trinajstić information content (AvgIpc) is 2.46. The number of ether oxygens (including phenoxy) is 2. The van der Waals surface area contributed by atoms with Crippen molar-refractivity contribution in [1.82, 2.24) is 0 Å². The number of allylic oxidation sites excluding steroid dienone is 1. The van der Waals surface area contributed by atoms with Crippen molar-refractivity contribution >= 4 is 6.29 Å². The Hall–Kier alpha value is -0.830. The Morgan fingerprint density at radius 1 is 1.26 bits per heavy atom. The molecule has 4 N–H and O–H groups in total. The first-order valence-electron chi connectivity index (χ1n) is 7.82. The molecule has 0 bridgehead atoms. The molecule has 1 fully saturated rings. The van der Waals surface area contributed by atoms with Gasteiger partial charge in [0.1, 0.15) is 30.7 Å². The van der Waals surface area contributed by atoms with Crippen molar-refractivity contribution in [2.75, 3.05) is 6.61 Å². The number of aliphatic hydroxyl groups excluding tert-OH is 4. The lowest BCUT2D eigenvalue weighted by Gasteiger charge is -2.43. The minimum absolute atomic E-state index is 0.296. The van der Waals surface area contributed by atoms with E-state index in [4.69, 9.17) is 9.47 Å². The van der Waals surface area contributed by atoms with Crippen LogP contribution in [0.2, 0.25) is 0 Å². The second-order valence-electron chi connectivity index (χ2n) is 7.06. The van der Waals surface area contributed by atoms with Crippen LogP contribution in [0.15, 0.2) is 11.1 Å². The molecule has 0 aromatic rings. The summed E-state index contributed by atoms with van der Waals surface area (Å²) in [6.45, 7) is 5.27. The SMILES string of the molecule is CC1=C(C=O)C(C)(C)C[C@H](O[C@@H]2OC(CO)[C@@H](O)[C@@H](O)C2O)C1. The molecule has 0 aromatic heterocycles. The van der Waals surface area contributed by atoms with Crippen LogP contribution in [0.3, 0.4) is 0 Å². The van der Waals surface area contributed by atoms with Gasteiger partial charge in [-0.3, -0.25) is 4.79 Å². The third-order valence-corrected chi connectivity index (χ3v) is 4.75. The van der Waals surface area contributed by atoms with Crippen LogP contribution in [-0.2, 0) is 14.3 Å². The predicted molar refractivity (Wildman–Crippen MR) is 80.4 cm³/mol. The van der Waals surface area contributed by atoms with Crippen LogP contribution in [0.25, 0.3) is 0 Å². The normalized spacial score (nSPS) is 41.0. The molecule has 1 aliphatic heterocycles. The highest BCUT2D eigenvalue weighted by molar-refractivity contribution is 5.77. The molecule has 0 amide bonds. The maximum absolute atomic E-state index is 11.2. The summed E-state index contributed by atoms with van der Waals surface area (Å²) >= 11 is 0. The van der Waals surface area contributed by atoms with Gasteiger partial charge < -0.3 is 29.9 Å². The summed E-state index contributed by atoms with van der Waals surface area (Å²) in [7, 11) is 0. The van der Waals surface area contributed by atoms with Gasteiger partial charge in [-0.25, -0.2) is 0 Å².